The van der Waals surface area contributed by atoms with E-state index in [0.717, 1.165) is 24.7 Å². The summed E-state index contributed by atoms with van der Waals surface area (Å²) in [5.74, 6) is 1.09. The first-order valence-corrected chi connectivity index (χ1v) is 8.69. The Kier molecular flexibility index (Phi) is 3.52. The Morgan fingerprint density at radius 3 is 2.23 bits per heavy atom. The van der Waals surface area contributed by atoms with Gasteiger partial charge in [0, 0.05) is 16.9 Å². The first kappa shape index (κ1) is 16.0. The van der Waals surface area contributed by atoms with Gasteiger partial charge < -0.3 is 9.84 Å². The fourth-order valence-electron chi connectivity index (χ4n) is 6.88. The van der Waals surface area contributed by atoms with Crippen LogP contribution in [0.5, 0.6) is 0 Å². The first-order chi connectivity index (χ1) is 10.2. The Labute approximate surface area is 134 Å². The number of carbonyl (C=O) groups excluding carboxylic acids is 1. The van der Waals surface area contributed by atoms with Crippen molar-refractivity contribution in [1.82, 2.24) is 0 Å². The molecule has 0 amide bonds. The number of hydrogen-bond donors (Lipinski definition) is 1. The molecule has 3 nitrogen and oxygen atoms in total. The van der Waals surface area contributed by atoms with Crippen molar-refractivity contribution in [2.75, 3.05) is 0 Å². The number of rotatable bonds is 4. The SMILES string of the molecule is C=CC(=O)OC(C)C1(C)C2(C)CC3CC(C2)CC1(C(C)O)C3. The Hall–Kier alpha value is -0.830. The van der Waals surface area contributed by atoms with Gasteiger partial charge in [-0.1, -0.05) is 20.4 Å². The van der Waals surface area contributed by atoms with Gasteiger partial charge in [-0.05, 0) is 63.2 Å². The maximum Gasteiger partial charge on any atom is 0.330 e. The molecule has 0 aromatic rings. The summed E-state index contributed by atoms with van der Waals surface area (Å²) in [6, 6.07) is 0. The molecule has 3 heteroatoms. The molecular formula is C19H30O3. The van der Waals surface area contributed by atoms with E-state index >= 15 is 0 Å². The van der Waals surface area contributed by atoms with Crippen LogP contribution < -0.4 is 0 Å². The van der Waals surface area contributed by atoms with Gasteiger partial charge in [0.05, 0.1) is 6.10 Å². The smallest absolute Gasteiger partial charge is 0.330 e. The van der Waals surface area contributed by atoms with E-state index in [0.29, 0.717) is 0 Å². The molecule has 0 aliphatic heterocycles. The normalized spacial score (nSPS) is 48.8. The zero-order chi connectivity index (χ0) is 16.3. The summed E-state index contributed by atoms with van der Waals surface area (Å²) >= 11 is 0. The summed E-state index contributed by atoms with van der Waals surface area (Å²) in [5, 5.41) is 10.7. The van der Waals surface area contributed by atoms with Crippen LogP contribution in [-0.2, 0) is 9.53 Å². The minimum Gasteiger partial charge on any atom is -0.459 e. The highest BCUT2D eigenvalue weighted by Gasteiger charge is 2.71. The second kappa shape index (κ2) is 4.83. The van der Waals surface area contributed by atoms with Crippen LogP contribution in [0.4, 0.5) is 0 Å². The fourth-order valence-corrected chi connectivity index (χ4v) is 6.88. The third-order valence-electron chi connectivity index (χ3n) is 7.81. The zero-order valence-corrected chi connectivity index (χ0v) is 14.4. The minimum atomic E-state index is -0.368. The molecule has 0 aromatic heterocycles. The van der Waals surface area contributed by atoms with Gasteiger partial charge in [0.15, 0.2) is 0 Å². The average Bonchev–Trinajstić information content (AvgIpc) is 2.42. The first-order valence-electron chi connectivity index (χ1n) is 8.69. The van der Waals surface area contributed by atoms with Crippen LogP contribution in [0.25, 0.3) is 0 Å². The summed E-state index contributed by atoms with van der Waals surface area (Å²) in [6.45, 7) is 12.1. The van der Waals surface area contributed by atoms with E-state index in [9.17, 15) is 9.90 Å². The molecule has 0 spiro atoms. The van der Waals surface area contributed by atoms with Crippen molar-refractivity contribution in [3.05, 3.63) is 12.7 Å². The number of hydrogen-bond acceptors (Lipinski definition) is 3. The summed E-state index contributed by atoms with van der Waals surface area (Å²) in [5.41, 5.74) is -0.193. The zero-order valence-electron chi connectivity index (χ0n) is 14.4. The molecule has 4 bridgehead atoms. The van der Waals surface area contributed by atoms with Crippen LogP contribution in [0.2, 0.25) is 0 Å². The van der Waals surface area contributed by atoms with E-state index in [1.807, 2.05) is 13.8 Å². The number of ether oxygens (including phenoxy) is 1. The molecule has 0 heterocycles. The molecule has 4 saturated carbocycles. The van der Waals surface area contributed by atoms with Crippen LogP contribution in [0.15, 0.2) is 12.7 Å². The van der Waals surface area contributed by atoms with E-state index in [4.69, 9.17) is 4.74 Å². The van der Waals surface area contributed by atoms with Gasteiger partial charge >= 0.3 is 5.97 Å². The van der Waals surface area contributed by atoms with E-state index in [2.05, 4.69) is 20.4 Å². The van der Waals surface area contributed by atoms with E-state index < -0.39 is 0 Å². The van der Waals surface area contributed by atoms with Gasteiger partial charge in [-0.3, -0.25) is 0 Å². The molecule has 1 N–H and O–H groups in total. The number of aliphatic hydroxyl groups is 1. The second-order valence-electron chi connectivity index (χ2n) is 8.66. The summed E-state index contributed by atoms with van der Waals surface area (Å²) in [4.78, 5) is 11.8. The van der Waals surface area contributed by atoms with E-state index in [-0.39, 0.29) is 34.4 Å². The summed E-state index contributed by atoms with van der Waals surface area (Å²) in [6.07, 6.45) is 6.53. The maximum absolute atomic E-state index is 11.8. The molecule has 22 heavy (non-hydrogen) atoms. The lowest BCUT2D eigenvalue weighted by molar-refractivity contribution is -0.283. The molecule has 4 aliphatic rings. The Balaban J connectivity index is 2.05. The van der Waals surface area contributed by atoms with Crippen LogP contribution in [0, 0.1) is 28.1 Å². The van der Waals surface area contributed by atoms with Crippen molar-refractivity contribution >= 4 is 5.97 Å². The summed E-state index contributed by atoms with van der Waals surface area (Å²) < 4.78 is 5.70. The molecule has 4 fully saturated rings. The lowest BCUT2D eigenvalue weighted by Crippen LogP contribution is -2.70. The van der Waals surface area contributed by atoms with Crippen LogP contribution in [-0.4, -0.2) is 23.3 Å². The van der Waals surface area contributed by atoms with Crippen molar-refractivity contribution in [3.8, 4) is 0 Å². The van der Waals surface area contributed by atoms with Gasteiger partial charge in [0.25, 0.3) is 0 Å². The van der Waals surface area contributed by atoms with Crippen LogP contribution >= 0.6 is 0 Å². The monoisotopic (exact) mass is 306 g/mol. The Morgan fingerprint density at radius 1 is 1.23 bits per heavy atom. The molecule has 0 aromatic carbocycles. The third-order valence-corrected chi connectivity index (χ3v) is 7.81. The lowest BCUT2D eigenvalue weighted by Gasteiger charge is -2.73. The Bertz CT molecular complexity index is 481. The standard InChI is InChI=1S/C19H30O3/c1-6-16(21)22-13(3)18(5)17(4)8-14-7-15(9-17)11-19(18,10-14)12(2)20/h6,12-15,20H,1,7-11H2,2-5H3. The molecule has 5 unspecified atom stereocenters. The van der Waals surface area contributed by atoms with Crippen molar-refractivity contribution in [1.29, 1.82) is 0 Å². The number of aliphatic hydroxyl groups excluding tert-OH is 1. The van der Waals surface area contributed by atoms with Crippen molar-refractivity contribution in [2.45, 2.75) is 72.0 Å². The van der Waals surface area contributed by atoms with Gasteiger partial charge in [0.2, 0.25) is 0 Å². The molecule has 0 radical (unpaired) electrons. The highest BCUT2D eigenvalue weighted by molar-refractivity contribution is 5.81. The van der Waals surface area contributed by atoms with Crippen LogP contribution in [0.1, 0.15) is 59.8 Å². The molecule has 0 saturated heterocycles. The molecule has 124 valence electrons. The van der Waals surface area contributed by atoms with E-state index in [1.54, 1.807) is 0 Å². The van der Waals surface area contributed by atoms with E-state index in [1.165, 1.54) is 25.3 Å². The van der Waals surface area contributed by atoms with Crippen molar-refractivity contribution in [2.24, 2.45) is 28.1 Å². The quantitative estimate of drug-likeness (QED) is 0.636. The van der Waals surface area contributed by atoms with Crippen molar-refractivity contribution < 1.29 is 14.6 Å². The summed E-state index contributed by atoms with van der Waals surface area (Å²) in [7, 11) is 0. The third kappa shape index (κ3) is 1.81. The topological polar surface area (TPSA) is 46.5 Å². The largest absolute Gasteiger partial charge is 0.459 e. The average molecular weight is 306 g/mol. The fraction of sp³-hybridized carbons (Fsp3) is 0.842. The number of esters is 1. The van der Waals surface area contributed by atoms with Gasteiger partial charge in [-0.25, -0.2) is 4.79 Å². The predicted octanol–water partition coefficient (Wildman–Crippen LogP) is 3.71. The Morgan fingerprint density at radius 2 is 1.77 bits per heavy atom. The highest BCUT2D eigenvalue weighted by atomic mass is 16.5. The molecule has 4 rings (SSSR count). The van der Waals surface area contributed by atoms with Crippen LogP contribution in [0.3, 0.4) is 0 Å². The lowest BCUT2D eigenvalue weighted by atomic mass is 9.32. The number of carbonyl (C=O) groups is 1. The maximum atomic E-state index is 11.8. The van der Waals surface area contributed by atoms with Gasteiger partial charge in [-0.2, -0.15) is 0 Å². The van der Waals surface area contributed by atoms with Crippen molar-refractivity contribution in [3.63, 3.8) is 0 Å². The molecule has 4 aliphatic carbocycles. The minimum absolute atomic E-state index is 0.132. The highest BCUT2D eigenvalue weighted by Crippen LogP contribution is 2.75. The molecular weight excluding hydrogens is 276 g/mol. The van der Waals surface area contributed by atoms with Gasteiger partial charge in [0.1, 0.15) is 6.10 Å². The van der Waals surface area contributed by atoms with Gasteiger partial charge in [-0.15, -0.1) is 0 Å². The molecule has 5 atom stereocenters. The second-order valence-corrected chi connectivity index (χ2v) is 8.66. The predicted molar refractivity (Wildman–Crippen MR) is 86.1 cm³/mol.